The first kappa shape index (κ1) is 26.4. The van der Waals surface area contributed by atoms with Gasteiger partial charge in [0, 0.05) is 11.1 Å². The molecule has 0 amide bonds. The fourth-order valence-corrected chi connectivity index (χ4v) is 4.68. The topological polar surface area (TPSA) is 107 Å². The highest BCUT2D eigenvalue weighted by Crippen LogP contribution is 2.37. The van der Waals surface area contributed by atoms with Crippen LogP contribution in [-0.4, -0.2) is 25.0 Å². The quantitative estimate of drug-likeness (QED) is 0.276. The molecular formula is C28H29ClN4O3S. The van der Waals surface area contributed by atoms with Gasteiger partial charge in [-0.05, 0) is 54.3 Å². The van der Waals surface area contributed by atoms with Gasteiger partial charge in [0.15, 0.2) is 5.03 Å². The maximum absolute atomic E-state index is 12.9. The number of hydrogen-bond donors (Lipinski definition) is 2. The average molecular weight is 537 g/mol. The highest BCUT2D eigenvalue weighted by molar-refractivity contribution is 7.92. The molecule has 2 heterocycles. The number of pyridine rings is 2. The molecule has 4 aromatic rings. The molecule has 2 aromatic carbocycles. The largest absolute Gasteiger partial charge is 0.491 e. The summed E-state index contributed by atoms with van der Waals surface area (Å²) in [5.74, 6) is 0.835. The molecule has 0 aliphatic heterocycles. The third-order valence-electron chi connectivity index (χ3n) is 5.38. The minimum Gasteiger partial charge on any atom is -0.491 e. The maximum atomic E-state index is 12.9. The van der Waals surface area contributed by atoms with E-state index < -0.39 is 10.0 Å². The molecule has 192 valence electrons. The van der Waals surface area contributed by atoms with Crippen molar-refractivity contribution < 1.29 is 13.2 Å². The third kappa shape index (κ3) is 6.58. The van der Waals surface area contributed by atoms with E-state index in [1.165, 1.54) is 18.2 Å². The third-order valence-corrected chi connectivity index (χ3v) is 6.95. The van der Waals surface area contributed by atoms with Crippen molar-refractivity contribution in [2.45, 2.75) is 32.7 Å². The van der Waals surface area contributed by atoms with E-state index in [-0.39, 0.29) is 22.1 Å². The Balaban J connectivity index is 1.78. The zero-order valence-corrected chi connectivity index (χ0v) is 22.7. The molecule has 0 bridgehead atoms. The van der Waals surface area contributed by atoms with Crippen molar-refractivity contribution in [1.29, 1.82) is 0 Å². The van der Waals surface area contributed by atoms with Gasteiger partial charge in [-0.1, -0.05) is 74.3 Å². The fraction of sp³-hybridized carbons (Fsp3) is 0.214. The summed E-state index contributed by atoms with van der Waals surface area (Å²) in [5.41, 5.74) is 9.80. The Kier molecular flexibility index (Phi) is 7.43. The number of ether oxygens (including phenoxy) is 1. The van der Waals surface area contributed by atoms with Gasteiger partial charge in [0.25, 0.3) is 10.0 Å². The molecule has 0 spiro atoms. The van der Waals surface area contributed by atoms with E-state index in [9.17, 15) is 8.42 Å². The Morgan fingerprint density at radius 1 is 0.946 bits per heavy atom. The molecule has 0 fully saturated rings. The van der Waals surface area contributed by atoms with Crippen LogP contribution in [0.5, 0.6) is 5.75 Å². The molecule has 37 heavy (non-hydrogen) atoms. The second kappa shape index (κ2) is 10.4. The number of nitrogen functional groups attached to an aromatic ring is 1. The average Bonchev–Trinajstić information content (AvgIpc) is 2.83. The number of aromatic nitrogens is 2. The highest BCUT2D eigenvalue weighted by atomic mass is 35.5. The molecule has 2 aromatic heterocycles. The summed E-state index contributed by atoms with van der Waals surface area (Å²) in [5, 5.41) is 0.325. The Labute approximate surface area is 222 Å². The molecule has 9 heteroatoms. The summed E-state index contributed by atoms with van der Waals surface area (Å²) in [4.78, 5) is 8.62. The van der Waals surface area contributed by atoms with Gasteiger partial charge in [-0.3, -0.25) is 4.72 Å². The molecule has 4 rings (SSSR count). The lowest BCUT2D eigenvalue weighted by Crippen LogP contribution is -2.17. The molecule has 0 radical (unpaired) electrons. The van der Waals surface area contributed by atoms with Crippen molar-refractivity contribution in [3.05, 3.63) is 83.4 Å². The predicted molar refractivity (Wildman–Crippen MR) is 149 cm³/mol. The number of halogens is 1. The van der Waals surface area contributed by atoms with E-state index in [1.54, 1.807) is 12.1 Å². The second-order valence-electron chi connectivity index (χ2n) is 9.96. The van der Waals surface area contributed by atoms with Gasteiger partial charge in [-0.15, -0.1) is 0 Å². The summed E-state index contributed by atoms with van der Waals surface area (Å²) in [6, 6.07) is 21.3. The van der Waals surface area contributed by atoms with E-state index in [0.29, 0.717) is 23.1 Å². The van der Waals surface area contributed by atoms with Crippen molar-refractivity contribution in [2.75, 3.05) is 17.1 Å². The van der Waals surface area contributed by atoms with Crippen molar-refractivity contribution in [2.24, 2.45) is 5.41 Å². The van der Waals surface area contributed by atoms with Crippen LogP contribution in [0.25, 0.3) is 22.4 Å². The van der Waals surface area contributed by atoms with E-state index in [0.717, 1.165) is 22.3 Å². The van der Waals surface area contributed by atoms with Gasteiger partial charge in [0.2, 0.25) is 0 Å². The zero-order valence-electron chi connectivity index (χ0n) is 21.1. The van der Waals surface area contributed by atoms with E-state index in [2.05, 4.69) is 30.5 Å². The number of sulfonamides is 1. The van der Waals surface area contributed by atoms with Crippen molar-refractivity contribution in [3.63, 3.8) is 0 Å². The molecule has 0 aliphatic rings. The number of benzene rings is 2. The lowest BCUT2D eigenvalue weighted by molar-refractivity contribution is 0.198. The van der Waals surface area contributed by atoms with Crippen LogP contribution in [0.15, 0.2) is 77.8 Å². The molecule has 0 aliphatic carbocycles. The smallest absolute Gasteiger partial charge is 0.280 e. The number of nitrogens with two attached hydrogens (primary N) is 1. The normalized spacial score (nSPS) is 11.8. The first-order chi connectivity index (χ1) is 17.4. The van der Waals surface area contributed by atoms with Gasteiger partial charge in [0.1, 0.15) is 17.4 Å². The highest BCUT2D eigenvalue weighted by Gasteiger charge is 2.20. The predicted octanol–water partition coefficient (Wildman–Crippen LogP) is 6.58. The number of nitrogens with one attached hydrogen (secondary N) is 1. The van der Waals surface area contributed by atoms with E-state index >= 15 is 0 Å². The van der Waals surface area contributed by atoms with Crippen LogP contribution in [0.2, 0.25) is 5.02 Å². The molecule has 0 saturated carbocycles. The Morgan fingerprint density at radius 3 is 2.32 bits per heavy atom. The van der Waals surface area contributed by atoms with Crippen LogP contribution in [0.1, 0.15) is 26.3 Å². The Hall–Kier alpha value is -3.62. The second-order valence-corrected chi connectivity index (χ2v) is 12.0. The molecular weight excluding hydrogens is 508 g/mol. The molecule has 3 N–H and O–H groups in total. The van der Waals surface area contributed by atoms with Crippen LogP contribution in [-0.2, 0) is 10.0 Å². The number of aryl methyl sites for hydroxylation is 1. The van der Waals surface area contributed by atoms with Crippen LogP contribution in [0.3, 0.4) is 0 Å². The van der Waals surface area contributed by atoms with Crippen LogP contribution < -0.4 is 15.2 Å². The summed E-state index contributed by atoms with van der Waals surface area (Å²) in [7, 11) is -3.99. The van der Waals surface area contributed by atoms with Crippen molar-refractivity contribution in [3.8, 4) is 28.1 Å². The van der Waals surface area contributed by atoms with Crippen LogP contribution in [0.4, 0.5) is 11.6 Å². The Bertz CT molecular complexity index is 1530. The minimum absolute atomic E-state index is 0.0367. The number of rotatable bonds is 7. The van der Waals surface area contributed by atoms with Gasteiger partial charge in [0.05, 0.1) is 17.3 Å². The molecule has 0 atom stereocenters. The van der Waals surface area contributed by atoms with E-state index in [1.807, 2.05) is 49.4 Å². The van der Waals surface area contributed by atoms with Gasteiger partial charge in [-0.25, -0.2) is 9.97 Å². The zero-order chi connectivity index (χ0) is 26.8. The number of nitrogens with zero attached hydrogens (tertiary/aromatic N) is 2. The standard InChI is InChI=1S/C28H29ClN4O3S/c1-18-8-10-19(11-9-18)27-21(20-12-14-22(29)23(16-20)36-17-28(2,3)4)13-15-25(32-27)33-37(34,35)26-7-5-6-24(30)31-26/h5-16H,17H2,1-4H3,(H2,30,31)(H,32,33). The maximum Gasteiger partial charge on any atom is 0.280 e. The molecule has 0 saturated heterocycles. The van der Waals surface area contributed by atoms with Gasteiger partial charge >= 0.3 is 0 Å². The first-order valence-electron chi connectivity index (χ1n) is 11.7. The van der Waals surface area contributed by atoms with Crippen molar-refractivity contribution >= 4 is 33.3 Å². The lowest BCUT2D eigenvalue weighted by atomic mass is 9.98. The van der Waals surface area contributed by atoms with Gasteiger partial charge < -0.3 is 10.5 Å². The van der Waals surface area contributed by atoms with Crippen molar-refractivity contribution in [1.82, 2.24) is 9.97 Å². The monoisotopic (exact) mass is 536 g/mol. The fourth-order valence-electron chi connectivity index (χ4n) is 3.53. The van der Waals surface area contributed by atoms with Crippen LogP contribution >= 0.6 is 11.6 Å². The first-order valence-corrected chi connectivity index (χ1v) is 13.5. The summed E-state index contributed by atoms with van der Waals surface area (Å²) < 4.78 is 34.4. The van der Waals surface area contributed by atoms with E-state index in [4.69, 9.17) is 27.1 Å². The van der Waals surface area contributed by atoms with Crippen LogP contribution in [0, 0.1) is 12.3 Å². The summed E-state index contributed by atoms with van der Waals surface area (Å²) in [6.07, 6.45) is 0. The lowest BCUT2D eigenvalue weighted by Gasteiger charge is -2.20. The number of hydrogen-bond acceptors (Lipinski definition) is 6. The summed E-state index contributed by atoms with van der Waals surface area (Å²) >= 11 is 6.42. The summed E-state index contributed by atoms with van der Waals surface area (Å²) in [6.45, 7) is 8.76. The number of anilines is 2. The molecule has 7 nitrogen and oxygen atoms in total. The minimum atomic E-state index is -3.99. The SMILES string of the molecule is Cc1ccc(-c2nc(NS(=O)(=O)c3cccc(N)n3)ccc2-c2ccc(Cl)c(OCC(C)(C)C)c2)cc1. The Morgan fingerprint density at radius 2 is 1.65 bits per heavy atom. The molecule has 0 unspecified atom stereocenters. The van der Waals surface area contributed by atoms with Gasteiger partial charge in [-0.2, -0.15) is 8.42 Å².